The number of hydrogen-bond donors (Lipinski definition) is 2. The maximum Gasteiger partial charge on any atom is 0.201 e. The number of fused-ring (bicyclic) bond motifs is 1. The topological polar surface area (TPSA) is 40.7 Å². The highest BCUT2D eigenvalue weighted by Gasteiger charge is 2.08. The first-order chi connectivity index (χ1) is 8.15. The lowest BCUT2D eigenvalue weighted by atomic mass is 10.1. The number of nitrogens with zero attached hydrogens (tertiary/aromatic N) is 1. The zero-order valence-electron chi connectivity index (χ0n) is 10.2. The van der Waals surface area contributed by atoms with Gasteiger partial charge >= 0.3 is 0 Å². The van der Waals surface area contributed by atoms with Crippen molar-refractivity contribution in [3.05, 3.63) is 24.3 Å². The SMILES string of the molecule is CC(C)CC(Cl)CNc1nc2ccccc2[nH]1. The van der Waals surface area contributed by atoms with Gasteiger partial charge in [0.25, 0.3) is 0 Å². The van der Waals surface area contributed by atoms with Gasteiger partial charge in [-0.15, -0.1) is 11.6 Å². The molecular formula is C13H18ClN3. The second-order valence-corrected chi connectivity index (χ2v) is 5.33. The number of para-hydroxylation sites is 2. The maximum absolute atomic E-state index is 6.22. The normalized spacial score (nSPS) is 13.2. The average molecular weight is 252 g/mol. The first-order valence-corrected chi connectivity index (χ1v) is 6.41. The van der Waals surface area contributed by atoms with Crippen LogP contribution in [0.4, 0.5) is 5.95 Å². The summed E-state index contributed by atoms with van der Waals surface area (Å²) in [5, 5.41) is 3.38. The Morgan fingerprint density at radius 1 is 1.35 bits per heavy atom. The van der Waals surface area contributed by atoms with E-state index in [0.717, 1.165) is 29.9 Å². The molecule has 0 saturated heterocycles. The zero-order chi connectivity index (χ0) is 12.3. The summed E-state index contributed by atoms with van der Waals surface area (Å²) in [4.78, 5) is 7.66. The molecule has 0 saturated carbocycles. The summed E-state index contributed by atoms with van der Waals surface area (Å²) in [5.41, 5.74) is 2.02. The standard InChI is InChI=1S/C13H18ClN3/c1-9(2)7-10(14)8-15-13-16-11-5-3-4-6-12(11)17-13/h3-6,9-10H,7-8H2,1-2H3,(H2,15,16,17). The molecule has 2 rings (SSSR count). The number of anilines is 1. The molecule has 1 heterocycles. The molecule has 2 N–H and O–H groups in total. The van der Waals surface area contributed by atoms with E-state index in [9.17, 15) is 0 Å². The van der Waals surface area contributed by atoms with Crippen LogP contribution in [0.5, 0.6) is 0 Å². The molecule has 1 aromatic carbocycles. The molecule has 1 unspecified atom stereocenters. The summed E-state index contributed by atoms with van der Waals surface area (Å²) < 4.78 is 0. The van der Waals surface area contributed by atoms with Crippen molar-refractivity contribution < 1.29 is 0 Å². The van der Waals surface area contributed by atoms with E-state index in [4.69, 9.17) is 11.6 Å². The number of benzene rings is 1. The van der Waals surface area contributed by atoms with Gasteiger partial charge in [0.1, 0.15) is 0 Å². The molecular weight excluding hydrogens is 234 g/mol. The Bertz CT molecular complexity index is 445. The van der Waals surface area contributed by atoms with Crippen LogP contribution >= 0.6 is 11.6 Å². The van der Waals surface area contributed by atoms with Crippen LogP contribution in [0.3, 0.4) is 0 Å². The van der Waals surface area contributed by atoms with Crippen LogP contribution < -0.4 is 5.32 Å². The number of aromatic nitrogens is 2. The number of aromatic amines is 1. The third-order valence-electron chi connectivity index (χ3n) is 2.61. The van der Waals surface area contributed by atoms with Gasteiger partial charge in [-0.2, -0.15) is 0 Å². The van der Waals surface area contributed by atoms with Crippen molar-refractivity contribution in [3.8, 4) is 0 Å². The molecule has 0 bridgehead atoms. The quantitative estimate of drug-likeness (QED) is 0.797. The second kappa shape index (κ2) is 5.41. The van der Waals surface area contributed by atoms with Crippen LogP contribution in [0.15, 0.2) is 24.3 Å². The highest BCUT2D eigenvalue weighted by Crippen LogP contribution is 2.15. The Morgan fingerprint density at radius 3 is 2.82 bits per heavy atom. The van der Waals surface area contributed by atoms with E-state index in [2.05, 4.69) is 29.1 Å². The number of halogens is 1. The first kappa shape index (κ1) is 12.2. The fraction of sp³-hybridized carbons (Fsp3) is 0.462. The summed E-state index contributed by atoms with van der Waals surface area (Å²) in [5.74, 6) is 1.41. The van der Waals surface area contributed by atoms with Gasteiger partial charge < -0.3 is 10.3 Å². The molecule has 1 atom stereocenters. The van der Waals surface area contributed by atoms with Gasteiger partial charge in [-0.1, -0.05) is 26.0 Å². The van der Waals surface area contributed by atoms with Crippen molar-refractivity contribution in [2.75, 3.05) is 11.9 Å². The summed E-state index contributed by atoms with van der Waals surface area (Å²) in [6, 6.07) is 7.98. The van der Waals surface area contributed by atoms with E-state index in [0.29, 0.717) is 5.92 Å². The highest BCUT2D eigenvalue weighted by molar-refractivity contribution is 6.20. The van der Waals surface area contributed by atoms with Crippen molar-refractivity contribution in [1.29, 1.82) is 0 Å². The minimum absolute atomic E-state index is 0.142. The van der Waals surface area contributed by atoms with Crippen molar-refractivity contribution in [1.82, 2.24) is 9.97 Å². The Morgan fingerprint density at radius 2 is 2.12 bits per heavy atom. The van der Waals surface area contributed by atoms with Crippen molar-refractivity contribution in [2.45, 2.75) is 25.6 Å². The summed E-state index contributed by atoms with van der Waals surface area (Å²) in [7, 11) is 0. The van der Waals surface area contributed by atoms with Gasteiger partial charge in [0.2, 0.25) is 5.95 Å². The number of nitrogens with one attached hydrogen (secondary N) is 2. The summed E-state index contributed by atoms with van der Waals surface area (Å²) >= 11 is 6.22. The van der Waals surface area contributed by atoms with Crippen LogP contribution in [-0.2, 0) is 0 Å². The molecule has 0 radical (unpaired) electrons. The van der Waals surface area contributed by atoms with Gasteiger partial charge in [0, 0.05) is 6.54 Å². The second-order valence-electron chi connectivity index (χ2n) is 4.71. The third-order valence-corrected chi connectivity index (χ3v) is 2.94. The molecule has 92 valence electrons. The van der Waals surface area contributed by atoms with Crippen molar-refractivity contribution >= 4 is 28.6 Å². The summed E-state index contributed by atoms with van der Waals surface area (Å²) in [6.07, 6.45) is 1.01. The van der Waals surface area contributed by atoms with Crippen LogP contribution in [-0.4, -0.2) is 21.9 Å². The fourth-order valence-electron chi connectivity index (χ4n) is 1.84. The minimum atomic E-state index is 0.142. The Labute approximate surface area is 107 Å². The lowest BCUT2D eigenvalue weighted by Gasteiger charge is -2.12. The molecule has 3 nitrogen and oxygen atoms in total. The van der Waals surface area contributed by atoms with E-state index < -0.39 is 0 Å². The van der Waals surface area contributed by atoms with E-state index in [1.807, 2.05) is 24.3 Å². The van der Waals surface area contributed by atoms with Crippen LogP contribution in [0.1, 0.15) is 20.3 Å². The summed E-state index contributed by atoms with van der Waals surface area (Å²) in [6.45, 7) is 5.09. The largest absolute Gasteiger partial charge is 0.354 e. The molecule has 0 aliphatic carbocycles. The van der Waals surface area contributed by atoms with Gasteiger partial charge in [-0.3, -0.25) is 0 Å². The van der Waals surface area contributed by atoms with Gasteiger partial charge in [-0.25, -0.2) is 4.98 Å². The molecule has 0 fully saturated rings. The molecule has 0 spiro atoms. The van der Waals surface area contributed by atoms with E-state index in [1.54, 1.807) is 0 Å². The van der Waals surface area contributed by atoms with Gasteiger partial charge in [0.05, 0.1) is 16.4 Å². The first-order valence-electron chi connectivity index (χ1n) is 5.98. The molecule has 0 amide bonds. The molecule has 2 aromatic rings. The smallest absolute Gasteiger partial charge is 0.201 e. The predicted octanol–water partition coefficient (Wildman–Crippen LogP) is 3.63. The lowest BCUT2D eigenvalue weighted by Crippen LogP contribution is -2.16. The number of H-pyrrole nitrogens is 1. The van der Waals surface area contributed by atoms with Crippen LogP contribution in [0.25, 0.3) is 11.0 Å². The van der Waals surface area contributed by atoms with E-state index in [-0.39, 0.29) is 5.38 Å². The Balaban J connectivity index is 1.95. The van der Waals surface area contributed by atoms with E-state index >= 15 is 0 Å². The fourth-order valence-corrected chi connectivity index (χ4v) is 2.27. The lowest BCUT2D eigenvalue weighted by molar-refractivity contribution is 0.572. The highest BCUT2D eigenvalue weighted by atomic mass is 35.5. The zero-order valence-corrected chi connectivity index (χ0v) is 11.0. The molecule has 0 aliphatic heterocycles. The number of alkyl halides is 1. The monoisotopic (exact) mass is 251 g/mol. The molecule has 0 aliphatic rings. The Kier molecular flexibility index (Phi) is 3.89. The number of imidazole rings is 1. The Hall–Kier alpha value is -1.22. The maximum atomic E-state index is 6.22. The number of hydrogen-bond acceptors (Lipinski definition) is 2. The number of rotatable bonds is 5. The van der Waals surface area contributed by atoms with Gasteiger partial charge in [-0.05, 0) is 24.5 Å². The van der Waals surface area contributed by atoms with E-state index in [1.165, 1.54) is 0 Å². The minimum Gasteiger partial charge on any atom is -0.354 e. The molecule has 1 aromatic heterocycles. The molecule has 4 heteroatoms. The predicted molar refractivity (Wildman–Crippen MR) is 73.7 cm³/mol. The van der Waals surface area contributed by atoms with Crippen LogP contribution in [0, 0.1) is 5.92 Å². The van der Waals surface area contributed by atoms with Crippen molar-refractivity contribution in [2.24, 2.45) is 5.92 Å². The van der Waals surface area contributed by atoms with Gasteiger partial charge in [0.15, 0.2) is 0 Å². The molecule has 17 heavy (non-hydrogen) atoms. The van der Waals surface area contributed by atoms with Crippen molar-refractivity contribution in [3.63, 3.8) is 0 Å². The average Bonchev–Trinajstić information content (AvgIpc) is 2.68. The third kappa shape index (κ3) is 3.37. The van der Waals surface area contributed by atoms with Crippen LogP contribution in [0.2, 0.25) is 0 Å².